The van der Waals surface area contributed by atoms with Crippen molar-refractivity contribution in [2.45, 2.75) is 6.54 Å². The van der Waals surface area contributed by atoms with Crippen molar-refractivity contribution in [2.24, 2.45) is 5.73 Å². The Hall–Kier alpha value is -1.95. The summed E-state index contributed by atoms with van der Waals surface area (Å²) in [6.07, 6.45) is 0. The maximum absolute atomic E-state index is 11.7. The van der Waals surface area contributed by atoms with E-state index in [9.17, 15) is 9.59 Å². The lowest BCUT2D eigenvalue weighted by Crippen LogP contribution is -2.40. The number of urea groups is 1. The first-order valence-electron chi connectivity index (χ1n) is 5.53. The first-order chi connectivity index (χ1) is 8.93. The number of methoxy groups -OCH3 is 1. The van der Waals surface area contributed by atoms with Crippen LogP contribution in [-0.2, 0) is 11.3 Å². The summed E-state index contributed by atoms with van der Waals surface area (Å²) in [5.74, 6) is 0.382. The second kappa shape index (κ2) is 6.84. The molecule has 19 heavy (non-hydrogen) atoms. The molecule has 0 bridgehead atoms. The Morgan fingerprint density at radius 3 is 2.74 bits per heavy atom. The van der Waals surface area contributed by atoms with Gasteiger partial charge < -0.3 is 20.7 Å². The first-order valence-corrected chi connectivity index (χ1v) is 5.91. The van der Waals surface area contributed by atoms with Gasteiger partial charge in [-0.3, -0.25) is 4.79 Å². The van der Waals surface area contributed by atoms with E-state index in [0.717, 1.165) is 5.56 Å². The van der Waals surface area contributed by atoms with Crippen LogP contribution in [0.25, 0.3) is 0 Å². The molecule has 104 valence electrons. The molecule has 1 aromatic rings. The first kappa shape index (κ1) is 15.1. The molecule has 0 fully saturated rings. The summed E-state index contributed by atoms with van der Waals surface area (Å²) in [7, 11) is 3.16. The van der Waals surface area contributed by atoms with Crippen LogP contribution in [0, 0.1) is 0 Å². The van der Waals surface area contributed by atoms with E-state index in [1.165, 1.54) is 4.90 Å². The Labute approximate surface area is 116 Å². The lowest BCUT2D eigenvalue weighted by atomic mass is 10.2. The number of nitrogens with zero attached hydrogens (tertiary/aromatic N) is 1. The van der Waals surface area contributed by atoms with Crippen molar-refractivity contribution in [2.75, 3.05) is 20.7 Å². The zero-order valence-electron chi connectivity index (χ0n) is 10.8. The predicted molar refractivity (Wildman–Crippen MR) is 72.1 cm³/mol. The Morgan fingerprint density at radius 1 is 1.47 bits per heavy atom. The maximum Gasteiger partial charge on any atom is 0.312 e. The van der Waals surface area contributed by atoms with Gasteiger partial charge in [-0.2, -0.15) is 0 Å². The summed E-state index contributed by atoms with van der Waals surface area (Å²) in [5, 5.41) is 2.80. The maximum atomic E-state index is 11.7. The molecule has 0 saturated heterocycles. The molecule has 0 unspecified atom stereocenters. The van der Waals surface area contributed by atoms with Gasteiger partial charge in [-0.15, -0.1) is 0 Å². The minimum absolute atomic E-state index is 0.144. The lowest BCUT2D eigenvalue weighted by Gasteiger charge is -2.19. The number of primary amides is 1. The van der Waals surface area contributed by atoms with Crippen molar-refractivity contribution in [1.82, 2.24) is 10.2 Å². The smallest absolute Gasteiger partial charge is 0.312 e. The van der Waals surface area contributed by atoms with E-state index >= 15 is 0 Å². The van der Waals surface area contributed by atoms with Crippen molar-refractivity contribution in [3.8, 4) is 5.75 Å². The number of nitrogens with one attached hydrogen (secondary N) is 1. The fourth-order valence-electron chi connectivity index (χ4n) is 1.51. The van der Waals surface area contributed by atoms with Gasteiger partial charge in [-0.05, 0) is 18.2 Å². The van der Waals surface area contributed by atoms with Crippen LogP contribution < -0.4 is 15.8 Å². The highest BCUT2D eigenvalue weighted by Gasteiger charge is 2.12. The minimum Gasteiger partial charge on any atom is -0.496 e. The number of ether oxygens (including phenoxy) is 1. The molecule has 6 nitrogen and oxygen atoms in total. The molecule has 0 heterocycles. The number of hydrogen-bond donors (Lipinski definition) is 2. The molecule has 0 saturated carbocycles. The van der Waals surface area contributed by atoms with Crippen LogP contribution in [0.1, 0.15) is 5.56 Å². The van der Waals surface area contributed by atoms with Gasteiger partial charge in [-0.25, -0.2) is 4.79 Å². The van der Waals surface area contributed by atoms with Crippen LogP contribution in [-0.4, -0.2) is 37.5 Å². The number of carbonyl (C=O) groups is 2. The molecule has 0 aliphatic heterocycles. The Balaban J connectivity index is 2.70. The fourth-order valence-corrected chi connectivity index (χ4v) is 1.71. The third kappa shape index (κ3) is 4.67. The second-order valence-corrected chi connectivity index (χ2v) is 4.36. The number of halogens is 1. The quantitative estimate of drug-likeness (QED) is 0.845. The van der Waals surface area contributed by atoms with Gasteiger partial charge in [0.05, 0.1) is 13.7 Å². The zero-order chi connectivity index (χ0) is 14.4. The molecule has 0 aromatic heterocycles. The molecule has 1 rings (SSSR count). The predicted octanol–water partition coefficient (Wildman–Crippen LogP) is 0.975. The molecule has 0 aliphatic carbocycles. The summed E-state index contributed by atoms with van der Waals surface area (Å²) >= 11 is 5.91. The van der Waals surface area contributed by atoms with E-state index in [4.69, 9.17) is 22.1 Å². The van der Waals surface area contributed by atoms with Crippen molar-refractivity contribution in [3.63, 3.8) is 0 Å². The molecule has 3 N–H and O–H groups in total. The van der Waals surface area contributed by atoms with E-state index in [2.05, 4.69) is 5.32 Å². The zero-order valence-corrected chi connectivity index (χ0v) is 11.5. The summed E-state index contributed by atoms with van der Waals surface area (Å²) in [6, 6.07) is 4.44. The van der Waals surface area contributed by atoms with E-state index < -0.39 is 6.03 Å². The molecule has 0 radical (unpaired) electrons. The van der Waals surface area contributed by atoms with Gasteiger partial charge in [0.25, 0.3) is 0 Å². The number of carbonyl (C=O) groups excluding carboxylic acids is 2. The highest BCUT2D eigenvalue weighted by Crippen LogP contribution is 2.23. The third-order valence-corrected chi connectivity index (χ3v) is 2.72. The van der Waals surface area contributed by atoms with Crippen molar-refractivity contribution < 1.29 is 14.3 Å². The largest absolute Gasteiger partial charge is 0.496 e. The molecule has 7 heteroatoms. The fraction of sp³-hybridized carbons (Fsp3) is 0.333. The van der Waals surface area contributed by atoms with Crippen molar-refractivity contribution >= 4 is 23.5 Å². The number of hydrogen-bond acceptors (Lipinski definition) is 3. The summed E-state index contributed by atoms with van der Waals surface area (Å²) in [5.41, 5.74) is 5.68. The standard InChI is InChI=1S/C12H16ClN3O3/c1-16(11(17)6-15-12(14)18)7-8-5-9(13)3-4-10(8)19-2/h3-5H,6-7H2,1-2H3,(H3,14,15,18). The van der Waals surface area contributed by atoms with E-state index in [0.29, 0.717) is 17.3 Å². The van der Waals surface area contributed by atoms with Crippen LogP contribution in [0.5, 0.6) is 5.75 Å². The van der Waals surface area contributed by atoms with Gasteiger partial charge >= 0.3 is 6.03 Å². The summed E-state index contributed by atoms with van der Waals surface area (Å²) in [6.45, 7) is 0.178. The highest BCUT2D eigenvalue weighted by molar-refractivity contribution is 6.30. The van der Waals surface area contributed by atoms with Gasteiger partial charge in [0.2, 0.25) is 5.91 Å². The van der Waals surface area contributed by atoms with Gasteiger partial charge in [0.1, 0.15) is 5.75 Å². The van der Waals surface area contributed by atoms with Crippen LogP contribution in [0.3, 0.4) is 0 Å². The number of likely N-dealkylation sites (N-methyl/N-ethyl adjacent to an activating group) is 1. The SMILES string of the molecule is COc1ccc(Cl)cc1CN(C)C(=O)CNC(N)=O. The Bertz CT molecular complexity index is 479. The molecule has 1 aromatic carbocycles. The van der Waals surface area contributed by atoms with Crippen LogP contribution in [0.4, 0.5) is 4.79 Å². The topological polar surface area (TPSA) is 84.7 Å². The number of benzene rings is 1. The minimum atomic E-state index is -0.734. The van der Waals surface area contributed by atoms with Crippen LogP contribution in [0.15, 0.2) is 18.2 Å². The monoisotopic (exact) mass is 285 g/mol. The summed E-state index contributed by atoms with van der Waals surface area (Å²) < 4.78 is 5.19. The van der Waals surface area contributed by atoms with E-state index in [-0.39, 0.29) is 12.5 Å². The van der Waals surface area contributed by atoms with Crippen LogP contribution in [0.2, 0.25) is 5.02 Å². The highest BCUT2D eigenvalue weighted by atomic mass is 35.5. The number of rotatable bonds is 5. The normalized spacial score (nSPS) is 9.84. The van der Waals surface area contributed by atoms with E-state index in [1.807, 2.05) is 0 Å². The van der Waals surface area contributed by atoms with E-state index in [1.54, 1.807) is 32.4 Å². The molecular formula is C12H16ClN3O3. The second-order valence-electron chi connectivity index (χ2n) is 3.92. The molecule has 0 spiro atoms. The Kier molecular flexibility index (Phi) is 5.44. The number of amides is 3. The molecule has 3 amide bonds. The third-order valence-electron chi connectivity index (χ3n) is 2.49. The van der Waals surface area contributed by atoms with Crippen molar-refractivity contribution in [1.29, 1.82) is 0 Å². The average molecular weight is 286 g/mol. The van der Waals surface area contributed by atoms with Gasteiger partial charge in [0, 0.05) is 24.2 Å². The van der Waals surface area contributed by atoms with Gasteiger partial charge in [0.15, 0.2) is 0 Å². The lowest BCUT2D eigenvalue weighted by molar-refractivity contribution is -0.129. The average Bonchev–Trinajstić information content (AvgIpc) is 2.36. The van der Waals surface area contributed by atoms with Crippen LogP contribution >= 0.6 is 11.6 Å². The Morgan fingerprint density at radius 2 is 2.16 bits per heavy atom. The summed E-state index contributed by atoms with van der Waals surface area (Å²) in [4.78, 5) is 23.7. The molecule has 0 atom stereocenters. The molecular weight excluding hydrogens is 270 g/mol. The van der Waals surface area contributed by atoms with Crippen molar-refractivity contribution in [3.05, 3.63) is 28.8 Å². The number of nitrogens with two attached hydrogens (primary N) is 1. The van der Waals surface area contributed by atoms with Gasteiger partial charge in [-0.1, -0.05) is 11.6 Å². The molecule has 0 aliphatic rings.